The zero-order chi connectivity index (χ0) is 20.3. The lowest BCUT2D eigenvalue weighted by Gasteiger charge is -2.16. The maximum atomic E-state index is 4.82. The summed E-state index contributed by atoms with van der Waals surface area (Å²) in [5.41, 5.74) is 7.84. The van der Waals surface area contributed by atoms with Gasteiger partial charge in [-0.15, -0.1) is 11.3 Å². The predicted octanol–water partition coefficient (Wildman–Crippen LogP) is 6.18. The number of anilines is 1. The van der Waals surface area contributed by atoms with E-state index in [9.17, 15) is 0 Å². The zero-order valence-electron chi connectivity index (χ0n) is 17.1. The molecule has 4 aromatic rings. The van der Waals surface area contributed by atoms with Crippen LogP contribution >= 0.6 is 11.3 Å². The van der Waals surface area contributed by atoms with Crippen molar-refractivity contribution in [1.29, 1.82) is 0 Å². The van der Waals surface area contributed by atoms with Gasteiger partial charge in [0.1, 0.15) is 0 Å². The van der Waals surface area contributed by atoms with Crippen LogP contribution in [0.1, 0.15) is 35.2 Å². The molecule has 3 nitrogen and oxygen atoms in total. The van der Waals surface area contributed by atoms with Crippen LogP contribution in [0, 0.1) is 5.92 Å². The molecule has 0 unspecified atom stereocenters. The Hall–Kier alpha value is -2.98. The Kier molecular flexibility index (Phi) is 5.33. The number of pyridine rings is 1. The maximum absolute atomic E-state index is 4.82. The molecule has 2 aromatic carbocycles. The summed E-state index contributed by atoms with van der Waals surface area (Å²) in [5.74, 6) is 1.24. The molecule has 2 heterocycles. The highest BCUT2D eigenvalue weighted by Crippen LogP contribution is 2.37. The van der Waals surface area contributed by atoms with Crippen molar-refractivity contribution in [2.24, 2.45) is 5.92 Å². The summed E-state index contributed by atoms with van der Waals surface area (Å²) in [6, 6.07) is 21.7. The molecular formula is C26H25N3S. The van der Waals surface area contributed by atoms with Crippen LogP contribution in [0.3, 0.4) is 0 Å². The fourth-order valence-corrected chi connectivity index (χ4v) is 5.10. The van der Waals surface area contributed by atoms with E-state index in [-0.39, 0.29) is 0 Å². The van der Waals surface area contributed by atoms with Crippen LogP contribution in [-0.4, -0.2) is 16.5 Å². The average Bonchev–Trinajstić information content (AvgIpc) is 3.37. The number of aromatic nitrogens is 2. The molecule has 0 fully saturated rings. The number of hydrogen-bond acceptors (Lipinski definition) is 4. The molecule has 0 saturated heterocycles. The molecule has 150 valence electrons. The second kappa shape index (κ2) is 8.41. The van der Waals surface area contributed by atoms with Crippen molar-refractivity contribution < 1.29 is 0 Å². The third-order valence-electron chi connectivity index (χ3n) is 6.15. The molecule has 5 rings (SSSR count). The molecule has 0 radical (unpaired) electrons. The Morgan fingerprint density at radius 3 is 2.53 bits per heavy atom. The fraction of sp³-hybridized carbons (Fsp3) is 0.231. The van der Waals surface area contributed by atoms with Gasteiger partial charge in [0.05, 0.1) is 5.69 Å². The normalized spacial score (nSPS) is 17.6. The lowest BCUT2D eigenvalue weighted by atomic mass is 9.95. The number of rotatable bonds is 6. The Morgan fingerprint density at radius 1 is 0.967 bits per heavy atom. The van der Waals surface area contributed by atoms with Gasteiger partial charge in [0.15, 0.2) is 5.13 Å². The van der Waals surface area contributed by atoms with E-state index in [4.69, 9.17) is 4.98 Å². The van der Waals surface area contributed by atoms with Gasteiger partial charge in [0, 0.05) is 30.7 Å². The minimum absolute atomic E-state index is 0.604. The lowest BCUT2D eigenvalue weighted by Crippen LogP contribution is -2.17. The average molecular weight is 412 g/mol. The summed E-state index contributed by atoms with van der Waals surface area (Å²) in [5, 5.41) is 6.79. The number of nitrogens with one attached hydrogen (secondary N) is 1. The highest BCUT2D eigenvalue weighted by atomic mass is 32.1. The van der Waals surface area contributed by atoms with E-state index < -0.39 is 0 Å². The van der Waals surface area contributed by atoms with Crippen molar-refractivity contribution in [3.63, 3.8) is 0 Å². The van der Waals surface area contributed by atoms with Gasteiger partial charge in [-0.05, 0) is 58.2 Å². The van der Waals surface area contributed by atoms with E-state index in [0.717, 1.165) is 30.2 Å². The highest BCUT2D eigenvalue weighted by molar-refractivity contribution is 7.13. The SMILES string of the molecule is C[C@H]1c2ccccc2C[C@H]1CNc1nc(Cc2ccc(-c3ccncc3)cc2)cs1. The van der Waals surface area contributed by atoms with Crippen LogP contribution in [0.25, 0.3) is 11.1 Å². The Balaban J connectivity index is 1.18. The van der Waals surface area contributed by atoms with Crippen molar-refractivity contribution in [3.8, 4) is 11.1 Å². The molecule has 1 N–H and O–H groups in total. The van der Waals surface area contributed by atoms with Crippen LogP contribution in [-0.2, 0) is 12.8 Å². The van der Waals surface area contributed by atoms with E-state index in [1.807, 2.05) is 24.5 Å². The monoisotopic (exact) mass is 411 g/mol. The largest absolute Gasteiger partial charge is 0.361 e. The van der Waals surface area contributed by atoms with Gasteiger partial charge >= 0.3 is 0 Å². The third kappa shape index (κ3) is 4.01. The molecule has 0 amide bonds. The smallest absolute Gasteiger partial charge is 0.182 e. The molecule has 30 heavy (non-hydrogen) atoms. The summed E-state index contributed by atoms with van der Waals surface area (Å²) in [6.45, 7) is 3.32. The van der Waals surface area contributed by atoms with E-state index in [1.54, 1.807) is 11.3 Å². The van der Waals surface area contributed by atoms with Gasteiger partial charge < -0.3 is 5.32 Å². The molecule has 0 saturated carbocycles. The first-order chi connectivity index (χ1) is 14.8. The third-order valence-corrected chi connectivity index (χ3v) is 7.00. The minimum atomic E-state index is 0.604. The zero-order valence-corrected chi connectivity index (χ0v) is 17.9. The summed E-state index contributed by atoms with van der Waals surface area (Å²) in [4.78, 5) is 8.91. The van der Waals surface area contributed by atoms with Gasteiger partial charge in [-0.2, -0.15) is 0 Å². The molecular weight excluding hydrogens is 386 g/mol. The first kappa shape index (κ1) is 19.0. The summed E-state index contributed by atoms with van der Waals surface area (Å²) < 4.78 is 0. The van der Waals surface area contributed by atoms with Crippen molar-refractivity contribution >= 4 is 16.5 Å². The minimum Gasteiger partial charge on any atom is -0.361 e. The standard InChI is InChI=1S/C26H25N3S/c1-18-23(15-22-4-2-3-5-25(18)22)16-28-26-29-24(17-30-26)14-19-6-8-20(9-7-19)21-10-12-27-13-11-21/h2-13,17-18,23H,14-16H2,1H3,(H,28,29)/t18-,23+/m1/s1. The Morgan fingerprint density at radius 2 is 1.73 bits per heavy atom. The van der Waals surface area contributed by atoms with Crippen LogP contribution in [0.15, 0.2) is 78.4 Å². The number of benzene rings is 2. The van der Waals surface area contributed by atoms with E-state index >= 15 is 0 Å². The van der Waals surface area contributed by atoms with Crippen LogP contribution < -0.4 is 5.32 Å². The molecule has 1 aliphatic carbocycles. The molecule has 0 aliphatic heterocycles. The summed E-state index contributed by atoms with van der Waals surface area (Å²) >= 11 is 1.71. The second-order valence-electron chi connectivity index (χ2n) is 8.09. The Labute approximate surface area is 181 Å². The molecule has 2 atom stereocenters. The van der Waals surface area contributed by atoms with Gasteiger partial charge in [0.2, 0.25) is 0 Å². The van der Waals surface area contributed by atoms with Crippen LogP contribution in [0.5, 0.6) is 0 Å². The van der Waals surface area contributed by atoms with Gasteiger partial charge in [-0.1, -0.05) is 55.5 Å². The molecule has 0 spiro atoms. The van der Waals surface area contributed by atoms with Crippen LogP contribution in [0.4, 0.5) is 5.13 Å². The van der Waals surface area contributed by atoms with Gasteiger partial charge in [-0.3, -0.25) is 4.98 Å². The number of fused-ring (bicyclic) bond motifs is 1. The van der Waals surface area contributed by atoms with Crippen molar-refractivity contribution in [3.05, 3.63) is 101 Å². The molecule has 0 bridgehead atoms. The van der Waals surface area contributed by atoms with Crippen molar-refractivity contribution in [2.75, 3.05) is 11.9 Å². The summed E-state index contributed by atoms with van der Waals surface area (Å²) in [7, 11) is 0. The number of thiazole rings is 1. The topological polar surface area (TPSA) is 37.8 Å². The highest BCUT2D eigenvalue weighted by Gasteiger charge is 2.28. The maximum Gasteiger partial charge on any atom is 0.182 e. The van der Waals surface area contributed by atoms with Gasteiger partial charge in [0.25, 0.3) is 0 Å². The summed E-state index contributed by atoms with van der Waals surface area (Å²) in [6.07, 6.45) is 5.68. The fourth-order valence-electron chi connectivity index (χ4n) is 4.38. The molecule has 1 aliphatic rings. The van der Waals surface area contributed by atoms with E-state index in [2.05, 4.69) is 71.1 Å². The van der Waals surface area contributed by atoms with Crippen LogP contribution in [0.2, 0.25) is 0 Å². The van der Waals surface area contributed by atoms with Gasteiger partial charge in [-0.25, -0.2) is 4.98 Å². The number of nitrogens with zero attached hydrogens (tertiary/aromatic N) is 2. The lowest BCUT2D eigenvalue weighted by molar-refractivity contribution is 0.508. The second-order valence-corrected chi connectivity index (χ2v) is 8.94. The van der Waals surface area contributed by atoms with Crippen molar-refractivity contribution in [1.82, 2.24) is 9.97 Å². The molecule has 2 aromatic heterocycles. The first-order valence-corrected chi connectivity index (χ1v) is 11.4. The molecule has 4 heteroatoms. The van der Waals surface area contributed by atoms with E-state index in [1.165, 1.54) is 27.8 Å². The number of hydrogen-bond donors (Lipinski definition) is 1. The predicted molar refractivity (Wildman–Crippen MR) is 125 cm³/mol. The first-order valence-electron chi connectivity index (χ1n) is 10.5. The van der Waals surface area contributed by atoms with Crippen molar-refractivity contribution in [2.45, 2.75) is 25.7 Å². The quantitative estimate of drug-likeness (QED) is 0.411. The van der Waals surface area contributed by atoms with E-state index in [0.29, 0.717) is 11.8 Å². The Bertz CT molecular complexity index is 1120.